The number of carbonyl (C=O) groups is 1. The van der Waals surface area contributed by atoms with Crippen LogP contribution in [0.2, 0.25) is 0 Å². The molecule has 5 nitrogen and oxygen atoms in total. The first kappa shape index (κ1) is 13.6. The van der Waals surface area contributed by atoms with Gasteiger partial charge in [-0.3, -0.25) is 9.48 Å². The van der Waals surface area contributed by atoms with E-state index in [0.717, 1.165) is 30.8 Å². The van der Waals surface area contributed by atoms with Crippen LogP contribution in [0.3, 0.4) is 0 Å². The van der Waals surface area contributed by atoms with Crippen molar-refractivity contribution in [3.05, 3.63) is 17.5 Å². The molecule has 2 aliphatic rings. The van der Waals surface area contributed by atoms with Gasteiger partial charge in [-0.2, -0.15) is 5.10 Å². The van der Waals surface area contributed by atoms with Crippen LogP contribution in [0.25, 0.3) is 0 Å². The van der Waals surface area contributed by atoms with Crippen molar-refractivity contribution in [2.45, 2.75) is 57.0 Å². The molecular formula is C15H24N4O. The molecule has 0 bridgehead atoms. The van der Waals surface area contributed by atoms with Gasteiger partial charge in [0, 0.05) is 24.3 Å². The van der Waals surface area contributed by atoms with Crippen LogP contribution in [0.15, 0.2) is 6.07 Å². The summed E-state index contributed by atoms with van der Waals surface area (Å²) in [6, 6.07) is 2.34. The number of nitrogens with one attached hydrogen (secondary N) is 2. The predicted octanol–water partition coefficient (Wildman–Crippen LogP) is 0.926. The molecule has 1 aliphatic carbocycles. The highest BCUT2D eigenvalue weighted by molar-refractivity contribution is 5.78. The van der Waals surface area contributed by atoms with E-state index < -0.39 is 0 Å². The maximum Gasteiger partial charge on any atom is 0.226 e. The second-order valence-corrected chi connectivity index (χ2v) is 6.13. The van der Waals surface area contributed by atoms with E-state index in [2.05, 4.69) is 22.7 Å². The molecule has 1 saturated heterocycles. The van der Waals surface area contributed by atoms with Gasteiger partial charge in [0.05, 0.1) is 12.1 Å². The van der Waals surface area contributed by atoms with Crippen molar-refractivity contribution in [2.24, 2.45) is 7.05 Å². The molecule has 110 valence electrons. The molecule has 2 heterocycles. The van der Waals surface area contributed by atoms with E-state index in [1.54, 1.807) is 0 Å². The Morgan fingerprint density at radius 1 is 1.60 bits per heavy atom. The summed E-state index contributed by atoms with van der Waals surface area (Å²) in [7, 11) is 1.91. The van der Waals surface area contributed by atoms with Crippen LogP contribution in [-0.4, -0.2) is 33.8 Å². The van der Waals surface area contributed by atoms with Crippen molar-refractivity contribution in [1.29, 1.82) is 0 Å². The van der Waals surface area contributed by atoms with Crippen LogP contribution in [0.5, 0.6) is 0 Å². The minimum absolute atomic E-state index is 0.121. The van der Waals surface area contributed by atoms with Crippen LogP contribution in [0.4, 0.5) is 0 Å². The van der Waals surface area contributed by atoms with Gasteiger partial charge in [-0.1, -0.05) is 6.92 Å². The molecule has 5 heteroatoms. The normalized spacial score (nSPS) is 23.8. The Labute approximate surface area is 120 Å². The van der Waals surface area contributed by atoms with Crippen molar-refractivity contribution in [3.63, 3.8) is 0 Å². The van der Waals surface area contributed by atoms with Gasteiger partial charge in [-0.15, -0.1) is 0 Å². The molecule has 1 saturated carbocycles. The minimum atomic E-state index is 0.121. The van der Waals surface area contributed by atoms with E-state index in [-0.39, 0.29) is 11.4 Å². The topological polar surface area (TPSA) is 59.0 Å². The second kappa shape index (κ2) is 5.20. The molecule has 0 aromatic carbocycles. The van der Waals surface area contributed by atoms with Crippen molar-refractivity contribution >= 4 is 5.91 Å². The number of amides is 1. The summed E-state index contributed by atoms with van der Waals surface area (Å²) < 4.78 is 1.82. The third-order valence-corrected chi connectivity index (χ3v) is 4.89. The number of nitrogens with zero attached hydrogens (tertiary/aromatic N) is 2. The fourth-order valence-electron chi connectivity index (χ4n) is 3.48. The monoisotopic (exact) mass is 276 g/mol. The highest BCUT2D eigenvalue weighted by Crippen LogP contribution is 2.39. The molecule has 1 atom stereocenters. The standard InChI is InChI=1S/C15H24N4O/c1-3-11-9-12(19(2)18-11)10-14(20)17-13-5-8-16-15(13)6-4-7-15/h9,13,16H,3-8,10H2,1-2H3,(H,17,20). The van der Waals surface area contributed by atoms with Gasteiger partial charge >= 0.3 is 0 Å². The van der Waals surface area contributed by atoms with E-state index in [1.165, 1.54) is 19.3 Å². The number of hydrogen-bond donors (Lipinski definition) is 2. The lowest BCUT2D eigenvalue weighted by Gasteiger charge is -2.43. The van der Waals surface area contributed by atoms with Crippen LogP contribution in [0, 0.1) is 0 Å². The maximum absolute atomic E-state index is 12.3. The van der Waals surface area contributed by atoms with Crippen LogP contribution in [-0.2, 0) is 24.7 Å². The van der Waals surface area contributed by atoms with E-state index in [4.69, 9.17) is 0 Å². The zero-order chi connectivity index (χ0) is 14.2. The summed E-state index contributed by atoms with van der Waals surface area (Å²) in [6.45, 7) is 3.10. The number of aryl methyl sites for hydroxylation is 2. The van der Waals surface area contributed by atoms with Gasteiger partial charge in [-0.05, 0) is 44.7 Å². The van der Waals surface area contributed by atoms with Gasteiger partial charge in [0.1, 0.15) is 0 Å². The van der Waals surface area contributed by atoms with Crippen molar-refractivity contribution in [2.75, 3.05) is 6.54 Å². The molecule has 2 N–H and O–H groups in total. The Kier molecular flexibility index (Phi) is 3.54. The largest absolute Gasteiger partial charge is 0.351 e. The van der Waals surface area contributed by atoms with Crippen LogP contribution >= 0.6 is 0 Å². The summed E-state index contributed by atoms with van der Waals surface area (Å²) >= 11 is 0. The smallest absolute Gasteiger partial charge is 0.226 e. The second-order valence-electron chi connectivity index (χ2n) is 6.13. The molecule has 2 fully saturated rings. The van der Waals surface area contributed by atoms with Gasteiger partial charge in [0.25, 0.3) is 0 Å². The van der Waals surface area contributed by atoms with Crippen molar-refractivity contribution in [1.82, 2.24) is 20.4 Å². The highest BCUT2D eigenvalue weighted by Gasteiger charge is 2.47. The van der Waals surface area contributed by atoms with E-state index in [1.807, 2.05) is 17.8 Å². The average molecular weight is 276 g/mol. The summed E-state index contributed by atoms with van der Waals surface area (Å²) in [6.07, 6.45) is 6.06. The zero-order valence-electron chi connectivity index (χ0n) is 12.4. The minimum Gasteiger partial charge on any atom is -0.351 e. The predicted molar refractivity (Wildman–Crippen MR) is 77.4 cm³/mol. The highest BCUT2D eigenvalue weighted by atomic mass is 16.1. The third kappa shape index (κ3) is 2.35. The molecule has 1 aliphatic heterocycles. The Balaban J connectivity index is 1.60. The lowest BCUT2D eigenvalue weighted by Crippen LogP contribution is -2.59. The fourth-order valence-corrected chi connectivity index (χ4v) is 3.48. The zero-order valence-corrected chi connectivity index (χ0v) is 12.4. The summed E-state index contributed by atoms with van der Waals surface area (Å²) in [5, 5.41) is 11.2. The first-order chi connectivity index (χ1) is 9.63. The Morgan fingerprint density at radius 2 is 2.40 bits per heavy atom. The first-order valence-electron chi connectivity index (χ1n) is 7.69. The number of rotatable bonds is 4. The van der Waals surface area contributed by atoms with Gasteiger partial charge in [0.2, 0.25) is 5.91 Å². The molecule has 3 rings (SSSR count). The first-order valence-corrected chi connectivity index (χ1v) is 7.69. The quantitative estimate of drug-likeness (QED) is 0.860. The van der Waals surface area contributed by atoms with Crippen LogP contribution in [0.1, 0.15) is 44.0 Å². The van der Waals surface area contributed by atoms with Gasteiger partial charge < -0.3 is 10.6 Å². The van der Waals surface area contributed by atoms with Gasteiger partial charge in [0.15, 0.2) is 0 Å². The summed E-state index contributed by atoms with van der Waals surface area (Å²) in [5.41, 5.74) is 2.25. The SMILES string of the molecule is CCc1cc(CC(=O)NC2CCNC23CCC3)n(C)n1. The molecule has 20 heavy (non-hydrogen) atoms. The third-order valence-electron chi connectivity index (χ3n) is 4.89. The molecule has 1 unspecified atom stereocenters. The average Bonchev–Trinajstić information content (AvgIpc) is 2.93. The Bertz CT molecular complexity index is 504. The van der Waals surface area contributed by atoms with Gasteiger partial charge in [-0.25, -0.2) is 0 Å². The van der Waals surface area contributed by atoms with Crippen molar-refractivity contribution < 1.29 is 4.79 Å². The van der Waals surface area contributed by atoms with E-state index >= 15 is 0 Å². The van der Waals surface area contributed by atoms with Crippen molar-refractivity contribution in [3.8, 4) is 0 Å². The number of carbonyl (C=O) groups excluding carboxylic acids is 1. The Hall–Kier alpha value is -1.36. The Morgan fingerprint density at radius 3 is 3.00 bits per heavy atom. The molecule has 1 aromatic heterocycles. The van der Waals surface area contributed by atoms with E-state index in [9.17, 15) is 4.79 Å². The van der Waals surface area contributed by atoms with E-state index in [0.29, 0.717) is 12.5 Å². The summed E-state index contributed by atoms with van der Waals surface area (Å²) in [4.78, 5) is 12.3. The molecule has 1 spiro atoms. The fraction of sp³-hybridized carbons (Fsp3) is 0.733. The summed E-state index contributed by atoms with van der Waals surface area (Å²) in [5.74, 6) is 0.121. The lowest BCUT2D eigenvalue weighted by atomic mass is 9.73. The number of aromatic nitrogens is 2. The van der Waals surface area contributed by atoms with Crippen LogP contribution < -0.4 is 10.6 Å². The number of hydrogen-bond acceptors (Lipinski definition) is 3. The lowest BCUT2D eigenvalue weighted by molar-refractivity contribution is -0.121. The molecule has 1 aromatic rings. The molecular weight excluding hydrogens is 252 g/mol. The molecule has 0 radical (unpaired) electrons. The molecule has 1 amide bonds. The maximum atomic E-state index is 12.3.